The standard InChI is InChI=1S/C41H51FN4O6/c1-7-49-36-16-15-29(22-37(36)50-8-2)21-34-31-24-39(52-10-4)38(51-9-3)23-30(31)17-18-45(34)40(47)25-44-19-20-48-26-35(44)41-27(5)43-46(28(41)6)33-14-12-11-13-32(33)42/h11-16,22-24,34-35H,7-10,17-21,25-26H2,1-6H3. The number of para-hydroxylation sites is 1. The molecule has 1 saturated heterocycles. The number of benzene rings is 3. The first-order valence-electron chi connectivity index (χ1n) is 18.5. The molecule has 0 saturated carbocycles. The van der Waals surface area contributed by atoms with Gasteiger partial charge in [-0.1, -0.05) is 18.2 Å². The molecule has 52 heavy (non-hydrogen) atoms. The lowest BCUT2D eigenvalue weighted by molar-refractivity contribution is -0.137. The van der Waals surface area contributed by atoms with Crippen molar-refractivity contribution in [2.24, 2.45) is 0 Å². The van der Waals surface area contributed by atoms with Gasteiger partial charge < -0.3 is 28.6 Å². The molecule has 0 N–H and O–H groups in total. The van der Waals surface area contributed by atoms with Crippen LogP contribution in [-0.4, -0.2) is 84.8 Å². The molecule has 278 valence electrons. The van der Waals surface area contributed by atoms with E-state index in [0.717, 1.165) is 39.4 Å². The second kappa shape index (κ2) is 16.8. The van der Waals surface area contributed by atoms with Crippen LogP contribution in [0.2, 0.25) is 0 Å². The molecule has 2 aliphatic rings. The Morgan fingerprint density at radius 1 is 0.865 bits per heavy atom. The molecule has 1 amide bonds. The third-order valence-electron chi connectivity index (χ3n) is 9.86. The van der Waals surface area contributed by atoms with Gasteiger partial charge in [-0.2, -0.15) is 5.10 Å². The molecule has 3 aromatic carbocycles. The van der Waals surface area contributed by atoms with Gasteiger partial charge in [0.2, 0.25) is 5.91 Å². The molecular formula is C41H51FN4O6. The Morgan fingerprint density at radius 2 is 1.54 bits per heavy atom. The fourth-order valence-corrected chi connectivity index (χ4v) is 7.56. The van der Waals surface area contributed by atoms with Crippen molar-refractivity contribution in [2.75, 3.05) is 59.3 Å². The van der Waals surface area contributed by atoms with Gasteiger partial charge in [0.05, 0.1) is 64.0 Å². The maximum Gasteiger partial charge on any atom is 0.237 e. The quantitative estimate of drug-likeness (QED) is 0.139. The van der Waals surface area contributed by atoms with E-state index in [2.05, 4.69) is 23.1 Å². The van der Waals surface area contributed by atoms with E-state index >= 15 is 0 Å². The van der Waals surface area contributed by atoms with E-state index in [-0.39, 0.29) is 30.4 Å². The summed E-state index contributed by atoms with van der Waals surface area (Å²) in [6.45, 7) is 16.1. The number of hydrogen-bond acceptors (Lipinski definition) is 8. The summed E-state index contributed by atoms with van der Waals surface area (Å²) in [5.41, 5.74) is 6.19. The molecule has 10 nitrogen and oxygen atoms in total. The van der Waals surface area contributed by atoms with Gasteiger partial charge >= 0.3 is 0 Å². The number of aromatic nitrogens is 2. The zero-order chi connectivity index (χ0) is 36.8. The lowest BCUT2D eigenvalue weighted by Crippen LogP contribution is -2.49. The second-order valence-corrected chi connectivity index (χ2v) is 13.1. The molecule has 0 radical (unpaired) electrons. The molecule has 4 aromatic rings. The molecule has 0 aliphatic carbocycles. The Hall–Kier alpha value is -4.61. The minimum Gasteiger partial charge on any atom is -0.490 e. The van der Waals surface area contributed by atoms with Crippen LogP contribution >= 0.6 is 0 Å². The van der Waals surface area contributed by atoms with Crippen molar-refractivity contribution < 1.29 is 32.9 Å². The van der Waals surface area contributed by atoms with E-state index in [1.54, 1.807) is 22.9 Å². The van der Waals surface area contributed by atoms with Gasteiger partial charge in [0.1, 0.15) is 11.5 Å². The molecule has 0 spiro atoms. The molecule has 2 unspecified atom stereocenters. The number of nitrogens with zero attached hydrogens (tertiary/aromatic N) is 4. The molecule has 3 heterocycles. The van der Waals surface area contributed by atoms with Crippen LogP contribution in [0, 0.1) is 19.7 Å². The van der Waals surface area contributed by atoms with Crippen molar-refractivity contribution in [1.82, 2.24) is 19.6 Å². The molecule has 6 rings (SSSR count). The van der Waals surface area contributed by atoms with Crippen molar-refractivity contribution in [3.05, 3.63) is 94.1 Å². The van der Waals surface area contributed by atoms with E-state index in [1.807, 2.05) is 58.6 Å². The molecule has 1 aromatic heterocycles. The van der Waals surface area contributed by atoms with E-state index in [4.69, 9.17) is 28.8 Å². The van der Waals surface area contributed by atoms with Gasteiger partial charge in [0.15, 0.2) is 23.0 Å². The first kappa shape index (κ1) is 37.2. The fourth-order valence-electron chi connectivity index (χ4n) is 7.56. The van der Waals surface area contributed by atoms with Gasteiger partial charge in [0.25, 0.3) is 0 Å². The summed E-state index contributed by atoms with van der Waals surface area (Å²) in [6.07, 6.45) is 1.27. The molecule has 1 fully saturated rings. The summed E-state index contributed by atoms with van der Waals surface area (Å²) >= 11 is 0. The minimum absolute atomic E-state index is 0.0298. The third-order valence-corrected chi connectivity index (χ3v) is 9.86. The monoisotopic (exact) mass is 714 g/mol. The Balaban J connectivity index is 1.34. The van der Waals surface area contributed by atoms with Crippen molar-refractivity contribution in [3.8, 4) is 28.7 Å². The predicted octanol–water partition coefficient (Wildman–Crippen LogP) is 6.97. The summed E-state index contributed by atoms with van der Waals surface area (Å²) < 4.78 is 46.4. The SMILES string of the molecule is CCOc1ccc(CC2c3cc(OCC)c(OCC)cc3CCN2C(=O)CN2CCOCC2c2c(C)nn(-c3ccccc3F)c2C)cc1OCC. The average molecular weight is 715 g/mol. The zero-order valence-electron chi connectivity index (χ0n) is 31.2. The number of fused-ring (bicyclic) bond motifs is 1. The van der Waals surface area contributed by atoms with Crippen LogP contribution in [0.5, 0.6) is 23.0 Å². The van der Waals surface area contributed by atoms with Crippen LogP contribution in [0.4, 0.5) is 4.39 Å². The smallest absolute Gasteiger partial charge is 0.237 e. The number of halogens is 1. The van der Waals surface area contributed by atoms with E-state index in [0.29, 0.717) is 88.5 Å². The van der Waals surface area contributed by atoms with Crippen LogP contribution in [0.3, 0.4) is 0 Å². The van der Waals surface area contributed by atoms with E-state index in [9.17, 15) is 9.18 Å². The van der Waals surface area contributed by atoms with Crippen molar-refractivity contribution in [3.63, 3.8) is 0 Å². The summed E-state index contributed by atoms with van der Waals surface area (Å²) in [7, 11) is 0. The first-order valence-corrected chi connectivity index (χ1v) is 18.5. The topological polar surface area (TPSA) is 87.5 Å². The minimum atomic E-state index is -0.343. The summed E-state index contributed by atoms with van der Waals surface area (Å²) in [5, 5.41) is 4.74. The Bertz CT molecular complexity index is 1860. The van der Waals surface area contributed by atoms with Crippen LogP contribution < -0.4 is 18.9 Å². The highest BCUT2D eigenvalue weighted by Gasteiger charge is 2.36. The fraction of sp³-hybridized carbons (Fsp3) is 0.463. The largest absolute Gasteiger partial charge is 0.490 e. The second-order valence-electron chi connectivity index (χ2n) is 13.1. The number of hydrogen-bond donors (Lipinski definition) is 0. The Labute approximate surface area is 306 Å². The lowest BCUT2D eigenvalue weighted by Gasteiger charge is -2.41. The Kier molecular flexibility index (Phi) is 12.0. The average Bonchev–Trinajstić information content (AvgIpc) is 3.43. The molecule has 0 bridgehead atoms. The van der Waals surface area contributed by atoms with Crippen LogP contribution in [0.25, 0.3) is 5.69 Å². The van der Waals surface area contributed by atoms with Gasteiger partial charge in [-0.3, -0.25) is 9.69 Å². The molecule has 11 heteroatoms. The number of carbonyl (C=O) groups is 1. The van der Waals surface area contributed by atoms with Crippen LogP contribution in [0.15, 0.2) is 54.6 Å². The molecular weight excluding hydrogens is 663 g/mol. The number of ether oxygens (including phenoxy) is 5. The summed E-state index contributed by atoms with van der Waals surface area (Å²) in [6, 6.07) is 16.3. The number of carbonyl (C=O) groups excluding carboxylic acids is 1. The highest BCUT2D eigenvalue weighted by Crippen LogP contribution is 2.41. The predicted molar refractivity (Wildman–Crippen MR) is 198 cm³/mol. The highest BCUT2D eigenvalue weighted by atomic mass is 19.1. The molecule has 2 atom stereocenters. The van der Waals surface area contributed by atoms with Crippen LogP contribution in [-0.2, 0) is 22.4 Å². The van der Waals surface area contributed by atoms with Gasteiger partial charge in [-0.05, 0) is 107 Å². The van der Waals surface area contributed by atoms with Gasteiger partial charge in [0, 0.05) is 24.3 Å². The van der Waals surface area contributed by atoms with Crippen molar-refractivity contribution >= 4 is 5.91 Å². The van der Waals surface area contributed by atoms with Crippen molar-refractivity contribution in [1.29, 1.82) is 0 Å². The maximum absolute atomic E-state index is 14.9. The zero-order valence-corrected chi connectivity index (χ0v) is 31.2. The molecule has 2 aliphatic heterocycles. The van der Waals surface area contributed by atoms with Gasteiger partial charge in [-0.25, -0.2) is 9.07 Å². The number of amides is 1. The summed E-state index contributed by atoms with van der Waals surface area (Å²) in [5.74, 6) is 2.48. The normalized spacial score (nSPS) is 17.5. The van der Waals surface area contributed by atoms with E-state index < -0.39 is 0 Å². The Morgan fingerprint density at radius 3 is 2.25 bits per heavy atom. The highest BCUT2D eigenvalue weighted by molar-refractivity contribution is 5.79. The number of aryl methyl sites for hydroxylation is 1. The number of rotatable bonds is 14. The van der Waals surface area contributed by atoms with Crippen LogP contribution in [0.1, 0.15) is 73.4 Å². The summed E-state index contributed by atoms with van der Waals surface area (Å²) in [4.78, 5) is 18.9. The first-order chi connectivity index (χ1) is 25.3. The van der Waals surface area contributed by atoms with E-state index in [1.165, 1.54) is 6.07 Å². The van der Waals surface area contributed by atoms with Crippen molar-refractivity contribution in [2.45, 2.75) is 66.5 Å². The van der Waals surface area contributed by atoms with Gasteiger partial charge in [-0.15, -0.1) is 0 Å². The lowest BCUT2D eigenvalue weighted by atomic mass is 9.87. The number of morpholine rings is 1. The third kappa shape index (κ3) is 7.76. The maximum atomic E-state index is 14.9.